The van der Waals surface area contributed by atoms with Gasteiger partial charge in [-0.1, -0.05) is 0 Å². The smallest absolute Gasteiger partial charge is 0.271 e. The third-order valence-electron chi connectivity index (χ3n) is 2.51. The van der Waals surface area contributed by atoms with Crippen LogP contribution in [0.25, 0.3) is 6.08 Å². The van der Waals surface area contributed by atoms with Gasteiger partial charge >= 0.3 is 0 Å². The summed E-state index contributed by atoms with van der Waals surface area (Å²) in [5.41, 5.74) is 3.19. The summed E-state index contributed by atoms with van der Waals surface area (Å²) in [5.74, 6) is -0.248. The summed E-state index contributed by atoms with van der Waals surface area (Å²) in [7, 11) is 0. The van der Waals surface area contributed by atoms with Crippen molar-refractivity contribution in [2.75, 3.05) is 0 Å². The number of nitrogens with zero attached hydrogens (tertiary/aromatic N) is 1. The van der Waals surface area contributed by atoms with Gasteiger partial charge in [-0.15, -0.1) is 0 Å². The molecule has 108 valence electrons. The minimum absolute atomic E-state index is 0.109. The highest BCUT2D eigenvalue weighted by Gasteiger charge is 2.07. The molecule has 0 fully saturated rings. The number of benzene rings is 1. The normalized spacial score (nSPS) is 11.8. The molecule has 3 N–H and O–H groups in total. The first-order chi connectivity index (χ1) is 10.0. The Morgan fingerprint density at radius 3 is 2.62 bits per heavy atom. The number of furan rings is 1. The number of hydrogen-bond donors (Lipinski definition) is 3. The number of hydrazone groups is 1. The standard InChI is InChI=1S/C15H14N2O4/c1-10(5-14-3-2-4-21-14)9-16-17-15(20)11-6-12(18)8-13(19)7-11/h2-9,18-19H,1H3,(H,17,20)/b10-5+,16-9-. The monoisotopic (exact) mass is 286 g/mol. The van der Waals surface area contributed by atoms with Gasteiger partial charge in [-0.3, -0.25) is 4.79 Å². The van der Waals surface area contributed by atoms with E-state index in [-0.39, 0.29) is 17.1 Å². The van der Waals surface area contributed by atoms with E-state index in [4.69, 9.17) is 4.42 Å². The number of allylic oxidation sites excluding steroid dienone is 1. The Morgan fingerprint density at radius 1 is 1.29 bits per heavy atom. The Labute approximate surface area is 121 Å². The van der Waals surface area contributed by atoms with Crippen LogP contribution in [0.5, 0.6) is 11.5 Å². The highest BCUT2D eigenvalue weighted by molar-refractivity contribution is 5.95. The zero-order chi connectivity index (χ0) is 15.2. The van der Waals surface area contributed by atoms with E-state index >= 15 is 0 Å². The van der Waals surface area contributed by atoms with Gasteiger partial charge in [-0.25, -0.2) is 5.43 Å². The lowest BCUT2D eigenvalue weighted by atomic mass is 10.2. The molecule has 0 saturated heterocycles. The fraction of sp³-hybridized carbons (Fsp3) is 0.0667. The van der Waals surface area contributed by atoms with Crippen LogP contribution in [0.15, 0.2) is 51.7 Å². The molecule has 2 aromatic rings. The lowest BCUT2D eigenvalue weighted by Crippen LogP contribution is -2.17. The second-order valence-corrected chi connectivity index (χ2v) is 4.34. The first-order valence-corrected chi connectivity index (χ1v) is 6.13. The molecule has 0 aliphatic rings. The number of amides is 1. The average Bonchev–Trinajstić information content (AvgIpc) is 2.90. The fourth-order valence-corrected chi connectivity index (χ4v) is 1.62. The molecule has 1 heterocycles. The van der Waals surface area contributed by atoms with Crippen LogP contribution >= 0.6 is 0 Å². The van der Waals surface area contributed by atoms with Crippen LogP contribution in [0.1, 0.15) is 23.0 Å². The summed E-state index contributed by atoms with van der Waals surface area (Å²) in [6.45, 7) is 1.80. The summed E-state index contributed by atoms with van der Waals surface area (Å²) in [6, 6.07) is 7.17. The predicted molar refractivity (Wildman–Crippen MR) is 78.1 cm³/mol. The summed E-state index contributed by atoms with van der Waals surface area (Å²) in [4.78, 5) is 11.8. The van der Waals surface area contributed by atoms with Gasteiger partial charge in [0.15, 0.2) is 0 Å². The molecule has 0 bridgehead atoms. The number of phenolic OH excluding ortho intramolecular Hbond substituents is 2. The van der Waals surface area contributed by atoms with Crippen molar-refractivity contribution >= 4 is 18.2 Å². The van der Waals surface area contributed by atoms with Crippen LogP contribution in [-0.4, -0.2) is 22.3 Å². The van der Waals surface area contributed by atoms with Crippen molar-refractivity contribution < 1.29 is 19.4 Å². The summed E-state index contributed by atoms with van der Waals surface area (Å²) in [5, 5.41) is 22.4. The largest absolute Gasteiger partial charge is 0.508 e. The van der Waals surface area contributed by atoms with E-state index in [9.17, 15) is 15.0 Å². The van der Waals surface area contributed by atoms with Crippen LogP contribution < -0.4 is 5.43 Å². The number of carbonyl (C=O) groups excluding carboxylic acids is 1. The Balaban J connectivity index is 1.99. The van der Waals surface area contributed by atoms with Crippen molar-refractivity contribution in [2.45, 2.75) is 6.92 Å². The van der Waals surface area contributed by atoms with E-state index < -0.39 is 5.91 Å². The summed E-state index contributed by atoms with van der Waals surface area (Å²) in [6.07, 6.45) is 4.78. The van der Waals surface area contributed by atoms with E-state index in [1.165, 1.54) is 18.3 Å². The molecule has 0 aliphatic carbocycles. The molecule has 2 rings (SSSR count). The highest BCUT2D eigenvalue weighted by Crippen LogP contribution is 2.20. The van der Waals surface area contributed by atoms with Gasteiger partial charge in [-0.2, -0.15) is 5.10 Å². The lowest BCUT2D eigenvalue weighted by Gasteiger charge is -2.01. The number of carbonyl (C=O) groups is 1. The first kappa shape index (κ1) is 14.4. The highest BCUT2D eigenvalue weighted by atomic mass is 16.3. The lowest BCUT2D eigenvalue weighted by molar-refractivity contribution is 0.0954. The zero-order valence-corrected chi connectivity index (χ0v) is 11.3. The SMILES string of the molecule is CC(/C=N\NC(=O)c1cc(O)cc(O)c1)=C\c1ccco1. The summed E-state index contributed by atoms with van der Waals surface area (Å²) < 4.78 is 5.15. The van der Waals surface area contributed by atoms with E-state index in [1.54, 1.807) is 31.4 Å². The van der Waals surface area contributed by atoms with E-state index in [0.29, 0.717) is 5.76 Å². The van der Waals surface area contributed by atoms with Gasteiger partial charge in [-0.05, 0) is 42.8 Å². The number of rotatable bonds is 4. The van der Waals surface area contributed by atoms with Gasteiger partial charge in [0.05, 0.1) is 12.5 Å². The molecule has 1 amide bonds. The minimum Gasteiger partial charge on any atom is -0.508 e. The molecule has 1 aromatic heterocycles. The molecule has 0 atom stereocenters. The predicted octanol–water partition coefficient (Wildman–Crippen LogP) is 2.51. The molecule has 0 unspecified atom stereocenters. The maximum atomic E-state index is 11.8. The molecule has 0 spiro atoms. The number of phenols is 2. The molecule has 1 aromatic carbocycles. The van der Waals surface area contributed by atoms with Crippen molar-refractivity contribution in [1.82, 2.24) is 5.43 Å². The zero-order valence-electron chi connectivity index (χ0n) is 11.3. The Morgan fingerprint density at radius 2 is 2.00 bits per heavy atom. The van der Waals surface area contributed by atoms with Crippen LogP contribution in [0.4, 0.5) is 0 Å². The number of nitrogens with one attached hydrogen (secondary N) is 1. The average molecular weight is 286 g/mol. The second-order valence-electron chi connectivity index (χ2n) is 4.34. The molecule has 0 saturated carbocycles. The Kier molecular flexibility index (Phi) is 4.40. The van der Waals surface area contributed by atoms with Crippen molar-refractivity contribution in [3.8, 4) is 11.5 Å². The Bertz CT molecular complexity index is 667. The van der Waals surface area contributed by atoms with E-state index in [2.05, 4.69) is 10.5 Å². The third kappa shape index (κ3) is 4.24. The molecular weight excluding hydrogens is 272 g/mol. The first-order valence-electron chi connectivity index (χ1n) is 6.13. The molecule has 0 aliphatic heterocycles. The third-order valence-corrected chi connectivity index (χ3v) is 2.51. The van der Waals surface area contributed by atoms with Gasteiger partial charge < -0.3 is 14.6 Å². The molecular formula is C15H14N2O4. The van der Waals surface area contributed by atoms with Crippen molar-refractivity contribution in [1.29, 1.82) is 0 Å². The van der Waals surface area contributed by atoms with E-state index in [0.717, 1.165) is 11.6 Å². The molecule has 6 heteroatoms. The molecule has 6 nitrogen and oxygen atoms in total. The van der Waals surface area contributed by atoms with Crippen molar-refractivity contribution in [3.05, 3.63) is 53.5 Å². The van der Waals surface area contributed by atoms with Gasteiger partial charge in [0.1, 0.15) is 17.3 Å². The maximum Gasteiger partial charge on any atom is 0.271 e. The van der Waals surface area contributed by atoms with Crippen LogP contribution in [0.2, 0.25) is 0 Å². The van der Waals surface area contributed by atoms with Gasteiger partial charge in [0, 0.05) is 11.6 Å². The van der Waals surface area contributed by atoms with Crippen molar-refractivity contribution in [2.24, 2.45) is 5.10 Å². The van der Waals surface area contributed by atoms with Crippen LogP contribution in [0.3, 0.4) is 0 Å². The number of hydrogen-bond acceptors (Lipinski definition) is 5. The quantitative estimate of drug-likeness (QED) is 0.594. The molecule has 21 heavy (non-hydrogen) atoms. The second kappa shape index (κ2) is 6.42. The Hall–Kier alpha value is -3.02. The summed E-state index contributed by atoms with van der Waals surface area (Å²) >= 11 is 0. The van der Waals surface area contributed by atoms with Gasteiger partial charge in [0.25, 0.3) is 5.91 Å². The minimum atomic E-state index is -0.539. The molecule has 0 radical (unpaired) electrons. The van der Waals surface area contributed by atoms with E-state index in [1.807, 2.05) is 0 Å². The topological polar surface area (TPSA) is 95.1 Å². The van der Waals surface area contributed by atoms with Crippen LogP contribution in [0, 0.1) is 0 Å². The maximum absolute atomic E-state index is 11.8. The fourth-order valence-electron chi connectivity index (χ4n) is 1.62. The van der Waals surface area contributed by atoms with Crippen molar-refractivity contribution in [3.63, 3.8) is 0 Å². The number of aromatic hydroxyl groups is 2. The van der Waals surface area contributed by atoms with Crippen LogP contribution in [-0.2, 0) is 0 Å². The van der Waals surface area contributed by atoms with Gasteiger partial charge in [0.2, 0.25) is 0 Å².